The topological polar surface area (TPSA) is 139 Å². The second-order valence-electron chi connectivity index (χ2n) is 18.5. The quantitative estimate of drug-likeness (QED) is 0.0274. The van der Waals surface area contributed by atoms with Crippen LogP contribution in [0.25, 0.3) is 65.8 Å². The van der Waals surface area contributed by atoms with Gasteiger partial charge in [0.25, 0.3) is 0 Å². The summed E-state index contributed by atoms with van der Waals surface area (Å²) in [6.45, 7) is 7.79. The third-order valence-corrected chi connectivity index (χ3v) is 13.5. The average Bonchev–Trinajstić information content (AvgIpc) is 4.09. The average molecular weight is 967 g/mol. The minimum atomic E-state index is 0.790. The lowest BCUT2D eigenvalue weighted by molar-refractivity contribution is 0.416. The lowest BCUT2D eigenvalue weighted by Crippen LogP contribution is -2.19. The van der Waals surface area contributed by atoms with Gasteiger partial charge in [0.2, 0.25) is 0 Å². The monoisotopic (exact) mass is 967 g/mol. The highest BCUT2D eigenvalue weighted by molar-refractivity contribution is 6.08. The highest BCUT2D eigenvalue weighted by atomic mass is 16.5. The molecule has 372 valence electrons. The Morgan fingerprint density at radius 3 is 0.917 bits per heavy atom. The molecule has 7 aromatic carbocycles. The standard InChI is InChI=1S/C60H66N6O6/c1-67-58-34-55-46(43-16-4-7-19-52(43)70-55)31-49(58)64-25-13-10-22-61-37-40-28-41(38-62-23-11-14-26-65-50-32-47-44-17-5-8-20-53(44)71-56(47)35-59(50)68-2)30-42(29-40)39-63-24-12-15-27-66-51-33-48-45-18-6-9-21-54(45)72-57(48)36-60(51)69-3/h4-9,16-21,28-36,61-66H,10-15,22-27,37-39H2,1-3H3. The van der Waals surface area contributed by atoms with Gasteiger partial charge in [0.15, 0.2) is 0 Å². The van der Waals surface area contributed by atoms with E-state index < -0.39 is 0 Å². The van der Waals surface area contributed by atoms with Crippen molar-refractivity contribution in [2.75, 3.05) is 76.5 Å². The van der Waals surface area contributed by atoms with Crippen LogP contribution < -0.4 is 46.1 Å². The fourth-order valence-electron chi connectivity index (χ4n) is 9.82. The summed E-state index contributed by atoms with van der Waals surface area (Å²) in [5.74, 6) is 2.37. The first-order valence-corrected chi connectivity index (χ1v) is 25.5. The number of para-hydroxylation sites is 3. The molecule has 0 amide bonds. The number of nitrogens with one attached hydrogen (secondary N) is 6. The largest absolute Gasteiger partial charge is 0.494 e. The number of rotatable bonds is 27. The number of anilines is 3. The van der Waals surface area contributed by atoms with E-state index in [1.54, 1.807) is 21.3 Å². The van der Waals surface area contributed by atoms with E-state index in [0.29, 0.717) is 0 Å². The molecule has 3 heterocycles. The Morgan fingerprint density at radius 1 is 0.319 bits per heavy atom. The van der Waals surface area contributed by atoms with E-state index in [4.69, 9.17) is 27.5 Å². The van der Waals surface area contributed by atoms with Gasteiger partial charge in [-0.2, -0.15) is 0 Å². The van der Waals surface area contributed by atoms with Crippen molar-refractivity contribution in [2.45, 2.75) is 58.2 Å². The van der Waals surface area contributed by atoms with Crippen LogP contribution in [0.3, 0.4) is 0 Å². The number of ether oxygens (including phenoxy) is 3. The van der Waals surface area contributed by atoms with Gasteiger partial charge < -0.3 is 59.4 Å². The van der Waals surface area contributed by atoms with Crippen molar-refractivity contribution in [1.82, 2.24) is 16.0 Å². The van der Waals surface area contributed by atoms with Crippen molar-refractivity contribution >= 4 is 82.9 Å². The number of methoxy groups -OCH3 is 3. The van der Waals surface area contributed by atoms with E-state index in [9.17, 15) is 0 Å². The Balaban J connectivity index is 0.696. The molecule has 0 aliphatic rings. The number of fused-ring (bicyclic) bond motifs is 9. The smallest absolute Gasteiger partial charge is 0.145 e. The number of furan rings is 3. The minimum Gasteiger partial charge on any atom is -0.494 e. The summed E-state index contributed by atoms with van der Waals surface area (Å²) in [6, 6.07) is 43.9. The number of benzene rings is 7. The van der Waals surface area contributed by atoms with Crippen LogP contribution in [0.4, 0.5) is 17.1 Å². The van der Waals surface area contributed by atoms with Gasteiger partial charge in [0.05, 0.1) is 38.4 Å². The summed E-state index contributed by atoms with van der Waals surface area (Å²) in [7, 11) is 5.12. The van der Waals surface area contributed by atoms with Crippen molar-refractivity contribution in [3.8, 4) is 17.2 Å². The van der Waals surface area contributed by atoms with E-state index in [1.807, 2.05) is 72.8 Å². The maximum absolute atomic E-state index is 6.08. The summed E-state index contributed by atoms with van der Waals surface area (Å²) in [5.41, 5.74) is 12.0. The van der Waals surface area contributed by atoms with Crippen LogP contribution in [-0.4, -0.2) is 60.6 Å². The van der Waals surface area contributed by atoms with Gasteiger partial charge in [-0.15, -0.1) is 0 Å². The van der Waals surface area contributed by atoms with Crippen molar-refractivity contribution in [1.29, 1.82) is 0 Å². The van der Waals surface area contributed by atoms with Crippen molar-refractivity contribution in [2.24, 2.45) is 0 Å². The molecule has 3 aromatic heterocycles. The maximum atomic E-state index is 6.08. The van der Waals surface area contributed by atoms with Gasteiger partial charge in [-0.3, -0.25) is 0 Å². The number of hydrogen-bond donors (Lipinski definition) is 6. The third kappa shape index (κ3) is 11.2. The zero-order valence-corrected chi connectivity index (χ0v) is 41.7. The normalized spacial score (nSPS) is 11.7. The minimum absolute atomic E-state index is 0.790. The van der Waals surface area contributed by atoms with Gasteiger partial charge in [-0.1, -0.05) is 72.8 Å². The molecule has 0 bridgehead atoms. The summed E-state index contributed by atoms with van der Waals surface area (Å²) in [4.78, 5) is 0. The Bertz CT molecular complexity index is 3040. The number of unbranched alkanes of at least 4 members (excludes halogenated alkanes) is 3. The molecule has 0 atom stereocenters. The Labute approximate surface area is 420 Å². The molecule has 0 unspecified atom stereocenters. The molecule has 12 nitrogen and oxygen atoms in total. The molecule has 10 rings (SSSR count). The van der Waals surface area contributed by atoms with Gasteiger partial charge >= 0.3 is 0 Å². The van der Waals surface area contributed by atoms with Gasteiger partial charge in [0, 0.05) is 89.8 Å². The Morgan fingerprint density at radius 2 is 0.611 bits per heavy atom. The molecule has 10 aromatic rings. The zero-order chi connectivity index (χ0) is 49.1. The fraction of sp³-hybridized carbons (Fsp3) is 0.300. The van der Waals surface area contributed by atoms with E-state index in [2.05, 4.69) is 86.5 Å². The van der Waals surface area contributed by atoms with E-state index in [1.165, 1.54) is 16.7 Å². The summed E-state index contributed by atoms with van der Waals surface area (Å²) in [5, 5.41) is 28.7. The van der Waals surface area contributed by atoms with Gasteiger partial charge in [-0.05, 0) is 111 Å². The van der Waals surface area contributed by atoms with Crippen LogP contribution in [0.2, 0.25) is 0 Å². The van der Waals surface area contributed by atoms with E-state index in [-0.39, 0.29) is 0 Å². The fourth-order valence-corrected chi connectivity index (χ4v) is 9.82. The maximum Gasteiger partial charge on any atom is 0.145 e. The van der Waals surface area contributed by atoms with Crippen LogP contribution in [0, 0.1) is 0 Å². The Hall–Kier alpha value is -7.38. The van der Waals surface area contributed by atoms with Crippen molar-refractivity contribution < 1.29 is 27.5 Å². The molecule has 0 aliphatic carbocycles. The van der Waals surface area contributed by atoms with Crippen LogP contribution in [-0.2, 0) is 19.6 Å². The highest BCUT2D eigenvalue weighted by Gasteiger charge is 2.15. The lowest BCUT2D eigenvalue weighted by atomic mass is 10.0. The van der Waals surface area contributed by atoms with Crippen LogP contribution in [0.5, 0.6) is 17.2 Å². The summed E-state index contributed by atoms with van der Waals surface area (Å²) in [6.07, 6.45) is 6.23. The van der Waals surface area contributed by atoms with Crippen LogP contribution >= 0.6 is 0 Å². The molecule has 72 heavy (non-hydrogen) atoms. The van der Waals surface area contributed by atoms with Gasteiger partial charge in [0.1, 0.15) is 50.7 Å². The number of hydrogen-bond acceptors (Lipinski definition) is 12. The van der Waals surface area contributed by atoms with E-state index >= 15 is 0 Å². The molecule has 0 saturated carbocycles. The van der Waals surface area contributed by atoms with E-state index in [0.717, 1.165) is 198 Å². The molecule has 12 heteroatoms. The highest BCUT2D eigenvalue weighted by Crippen LogP contribution is 2.39. The first-order valence-electron chi connectivity index (χ1n) is 25.5. The predicted octanol–water partition coefficient (Wildman–Crippen LogP) is 13.4. The second kappa shape index (κ2) is 23.2. The van der Waals surface area contributed by atoms with Crippen LogP contribution in [0.15, 0.2) is 141 Å². The zero-order valence-electron chi connectivity index (χ0n) is 41.7. The molecule has 0 saturated heterocycles. The summed E-state index contributed by atoms with van der Waals surface area (Å²) < 4.78 is 35.4. The molecular formula is C60H66N6O6. The van der Waals surface area contributed by atoms with Crippen molar-refractivity contribution in [3.63, 3.8) is 0 Å². The molecule has 0 spiro atoms. The SMILES string of the molecule is COc1cc2oc3ccccc3c2cc1NCCCCNCc1cc(CNCCCCNc2cc3c(cc2OC)oc2ccccc23)cc(CNCCCCNc2cc3c(cc2OC)oc2ccccc23)c1. The molecule has 0 aliphatic heterocycles. The molecule has 6 N–H and O–H groups in total. The molecule has 0 fully saturated rings. The predicted molar refractivity (Wildman–Crippen MR) is 296 cm³/mol. The van der Waals surface area contributed by atoms with Crippen LogP contribution in [0.1, 0.15) is 55.2 Å². The lowest BCUT2D eigenvalue weighted by Gasteiger charge is -2.14. The second-order valence-corrected chi connectivity index (χ2v) is 18.5. The summed E-state index contributed by atoms with van der Waals surface area (Å²) >= 11 is 0. The third-order valence-electron chi connectivity index (χ3n) is 13.5. The van der Waals surface area contributed by atoms with Gasteiger partial charge in [-0.25, -0.2) is 0 Å². The first kappa shape index (κ1) is 48.3. The van der Waals surface area contributed by atoms with Crippen molar-refractivity contribution in [3.05, 3.63) is 144 Å². The first-order chi connectivity index (χ1) is 35.5. The molecule has 0 radical (unpaired) electrons. The molecular weight excluding hydrogens is 901 g/mol. The Kier molecular flexibility index (Phi) is 15.6.